The van der Waals surface area contributed by atoms with Crippen LogP contribution < -0.4 is 5.32 Å². The lowest BCUT2D eigenvalue weighted by atomic mass is 10.2. The molecule has 1 rings (SSSR count). The molecule has 2 unspecified atom stereocenters. The quantitative estimate of drug-likeness (QED) is 0.644. The molecule has 0 spiro atoms. The third kappa shape index (κ3) is 7.05. The lowest BCUT2D eigenvalue weighted by molar-refractivity contribution is -0.0105. The number of ether oxygens (including phenoxy) is 2. The molecule has 0 aliphatic rings. The molecular weight excluding hydrogens is 258 g/mol. The second-order valence-electron chi connectivity index (χ2n) is 5.23. The molecule has 0 aliphatic heterocycles. The van der Waals surface area contributed by atoms with Crippen molar-refractivity contribution in [3.05, 3.63) is 23.7 Å². The van der Waals surface area contributed by atoms with E-state index in [4.69, 9.17) is 13.9 Å². The van der Waals surface area contributed by atoms with Crippen molar-refractivity contribution in [2.45, 2.75) is 45.9 Å². The summed E-state index contributed by atoms with van der Waals surface area (Å²) in [6.07, 6.45) is -0.324. The van der Waals surface area contributed by atoms with Gasteiger partial charge in [-0.3, -0.25) is 0 Å². The molecule has 0 radical (unpaired) electrons. The summed E-state index contributed by atoms with van der Waals surface area (Å²) in [5.74, 6) is 1.77. The number of hydrogen-bond acceptors (Lipinski definition) is 5. The molecule has 0 aromatic carbocycles. The van der Waals surface area contributed by atoms with Gasteiger partial charge in [-0.05, 0) is 39.8 Å². The molecule has 0 bridgehead atoms. The predicted molar refractivity (Wildman–Crippen MR) is 77.8 cm³/mol. The fraction of sp³-hybridized carbons (Fsp3) is 0.733. The van der Waals surface area contributed by atoms with Gasteiger partial charge in [0.25, 0.3) is 0 Å². The van der Waals surface area contributed by atoms with Gasteiger partial charge in [-0.15, -0.1) is 0 Å². The van der Waals surface area contributed by atoms with Gasteiger partial charge >= 0.3 is 0 Å². The van der Waals surface area contributed by atoms with Crippen molar-refractivity contribution in [2.24, 2.45) is 0 Å². The van der Waals surface area contributed by atoms with Crippen LogP contribution in [0.3, 0.4) is 0 Å². The number of hydrogen-bond donors (Lipinski definition) is 2. The topological polar surface area (TPSA) is 63.9 Å². The third-order valence-corrected chi connectivity index (χ3v) is 2.84. The summed E-state index contributed by atoms with van der Waals surface area (Å²) in [6.45, 7) is 9.71. The van der Waals surface area contributed by atoms with Crippen LogP contribution in [0.25, 0.3) is 0 Å². The minimum Gasteiger partial charge on any atom is -0.465 e. The highest BCUT2D eigenvalue weighted by Gasteiger charge is 2.11. The lowest BCUT2D eigenvalue weighted by Crippen LogP contribution is -2.32. The fourth-order valence-electron chi connectivity index (χ4n) is 1.72. The molecule has 0 saturated carbocycles. The minimum absolute atomic E-state index is 0.0719. The molecule has 20 heavy (non-hydrogen) atoms. The molecule has 5 heteroatoms. The van der Waals surface area contributed by atoms with Gasteiger partial charge in [0.1, 0.15) is 11.5 Å². The first kappa shape index (κ1) is 17.2. The molecular formula is C15H27NO4. The van der Waals surface area contributed by atoms with Crippen LogP contribution in [0.1, 0.15) is 38.3 Å². The highest BCUT2D eigenvalue weighted by molar-refractivity contribution is 5.08. The zero-order valence-corrected chi connectivity index (χ0v) is 12.9. The van der Waals surface area contributed by atoms with Crippen molar-refractivity contribution in [3.8, 4) is 0 Å². The normalized spacial score (nSPS) is 14.7. The van der Waals surface area contributed by atoms with Gasteiger partial charge in [0.2, 0.25) is 0 Å². The van der Waals surface area contributed by atoms with E-state index in [9.17, 15) is 5.11 Å². The summed E-state index contributed by atoms with van der Waals surface area (Å²) >= 11 is 0. The van der Waals surface area contributed by atoms with Gasteiger partial charge in [0.05, 0.1) is 38.1 Å². The van der Waals surface area contributed by atoms with Crippen LogP contribution in [0.2, 0.25) is 0 Å². The van der Waals surface area contributed by atoms with E-state index in [1.165, 1.54) is 0 Å². The molecule has 0 saturated heterocycles. The molecule has 1 heterocycles. The van der Waals surface area contributed by atoms with E-state index in [2.05, 4.69) is 5.32 Å². The maximum absolute atomic E-state index is 9.80. The van der Waals surface area contributed by atoms with Crippen LogP contribution in [0.15, 0.2) is 16.5 Å². The number of aryl methyl sites for hydroxylation is 1. The first-order valence-corrected chi connectivity index (χ1v) is 7.16. The van der Waals surface area contributed by atoms with Crippen LogP contribution in [0, 0.1) is 6.92 Å². The average Bonchev–Trinajstić information content (AvgIpc) is 2.82. The summed E-state index contributed by atoms with van der Waals surface area (Å²) in [7, 11) is 0. The van der Waals surface area contributed by atoms with Gasteiger partial charge in [0.15, 0.2) is 0 Å². The summed E-state index contributed by atoms with van der Waals surface area (Å²) in [4.78, 5) is 0. The zero-order chi connectivity index (χ0) is 15.0. The molecule has 0 fully saturated rings. The summed E-state index contributed by atoms with van der Waals surface area (Å²) < 4.78 is 16.2. The highest BCUT2D eigenvalue weighted by atomic mass is 16.5. The van der Waals surface area contributed by atoms with E-state index < -0.39 is 6.10 Å². The molecule has 1 aromatic rings. The van der Waals surface area contributed by atoms with Gasteiger partial charge in [0, 0.05) is 6.54 Å². The van der Waals surface area contributed by atoms with Crippen molar-refractivity contribution in [2.75, 3.05) is 26.4 Å². The smallest absolute Gasteiger partial charge is 0.120 e. The highest BCUT2D eigenvalue weighted by Crippen LogP contribution is 2.15. The Morgan fingerprint density at radius 1 is 1.25 bits per heavy atom. The lowest BCUT2D eigenvalue weighted by Gasteiger charge is -2.16. The SMILES string of the molecule is Cc1ccc(C(C)NCC(O)COCCOC(C)C)o1. The maximum atomic E-state index is 9.80. The standard InChI is InChI=1S/C15H27NO4/c1-11(2)19-8-7-18-10-14(17)9-16-13(4)15-6-5-12(3)20-15/h5-6,11,13-14,16-17H,7-10H2,1-4H3. The van der Waals surface area contributed by atoms with Gasteiger partial charge in [-0.1, -0.05) is 0 Å². The Bertz CT molecular complexity index is 365. The second-order valence-corrected chi connectivity index (χ2v) is 5.23. The number of rotatable bonds is 10. The Balaban J connectivity index is 2.09. The second kappa shape index (κ2) is 9.13. The minimum atomic E-state index is -0.535. The number of furan rings is 1. The molecule has 2 N–H and O–H groups in total. The molecule has 116 valence electrons. The number of nitrogens with one attached hydrogen (secondary N) is 1. The third-order valence-electron chi connectivity index (χ3n) is 2.84. The Hall–Kier alpha value is -0.880. The van der Waals surface area contributed by atoms with Crippen molar-refractivity contribution in [3.63, 3.8) is 0 Å². The van der Waals surface area contributed by atoms with E-state index >= 15 is 0 Å². The van der Waals surface area contributed by atoms with E-state index in [0.717, 1.165) is 11.5 Å². The Morgan fingerprint density at radius 3 is 2.60 bits per heavy atom. The molecule has 5 nitrogen and oxygen atoms in total. The summed E-state index contributed by atoms with van der Waals surface area (Å²) in [5.41, 5.74) is 0. The van der Waals surface area contributed by atoms with E-state index in [1.807, 2.05) is 39.8 Å². The molecule has 0 aliphatic carbocycles. The summed E-state index contributed by atoms with van der Waals surface area (Å²) in [6, 6.07) is 3.95. The Morgan fingerprint density at radius 2 is 2.00 bits per heavy atom. The predicted octanol–water partition coefficient (Wildman–Crippen LogP) is 2.04. The largest absolute Gasteiger partial charge is 0.465 e. The monoisotopic (exact) mass is 285 g/mol. The summed E-state index contributed by atoms with van der Waals surface area (Å²) in [5, 5.41) is 13.0. The average molecular weight is 285 g/mol. The van der Waals surface area contributed by atoms with Crippen LogP contribution >= 0.6 is 0 Å². The Kier molecular flexibility index (Phi) is 7.84. The van der Waals surface area contributed by atoms with E-state index in [1.54, 1.807) is 0 Å². The first-order chi connectivity index (χ1) is 9.49. The van der Waals surface area contributed by atoms with Crippen molar-refractivity contribution in [1.29, 1.82) is 0 Å². The van der Waals surface area contributed by atoms with Crippen LogP contribution in [0.5, 0.6) is 0 Å². The fourth-order valence-corrected chi connectivity index (χ4v) is 1.72. The van der Waals surface area contributed by atoms with E-state index in [0.29, 0.717) is 26.4 Å². The van der Waals surface area contributed by atoms with Crippen LogP contribution in [0.4, 0.5) is 0 Å². The number of aliphatic hydroxyl groups is 1. The maximum Gasteiger partial charge on any atom is 0.120 e. The molecule has 2 atom stereocenters. The van der Waals surface area contributed by atoms with Gasteiger partial charge in [-0.2, -0.15) is 0 Å². The molecule has 0 amide bonds. The molecule has 1 aromatic heterocycles. The first-order valence-electron chi connectivity index (χ1n) is 7.16. The van der Waals surface area contributed by atoms with Crippen LogP contribution in [-0.4, -0.2) is 43.7 Å². The van der Waals surface area contributed by atoms with Crippen LogP contribution in [-0.2, 0) is 9.47 Å². The van der Waals surface area contributed by atoms with Crippen molar-refractivity contribution >= 4 is 0 Å². The van der Waals surface area contributed by atoms with Gasteiger partial charge in [-0.25, -0.2) is 0 Å². The van der Waals surface area contributed by atoms with Crippen molar-refractivity contribution in [1.82, 2.24) is 5.32 Å². The van der Waals surface area contributed by atoms with E-state index in [-0.39, 0.29) is 12.1 Å². The van der Waals surface area contributed by atoms with Crippen molar-refractivity contribution < 1.29 is 19.0 Å². The zero-order valence-electron chi connectivity index (χ0n) is 12.9. The number of aliphatic hydroxyl groups excluding tert-OH is 1. The van der Waals surface area contributed by atoms with Gasteiger partial charge < -0.3 is 24.3 Å². The Labute approximate surface area is 121 Å².